The van der Waals surface area contributed by atoms with Gasteiger partial charge in [-0.25, -0.2) is 0 Å². The van der Waals surface area contributed by atoms with E-state index in [1.807, 2.05) is 0 Å². The molecule has 2 atom stereocenters. The van der Waals surface area contributed by atoms with Gasteiger partial charge in [0.1, 0.15) is 0 Å². The summed E-state index contributed by atoms with van der Waals surface area (Å²) in [6, 6.07) is 0. The van der Waals surface area contributed by atoms with Gasteiger partial charge in [-0.3, -0.25) is 0 Å². The molecule has 0 aromatic rings. The fraction of sp³-hybridized carbons (Fsp3) is 1.00. The summed E-state index contributed by atoms with van der Waals surface area (Å²) in [5, 5.41) is 0. The molecule has 2 rings (SSSR count). The van der Waals surface area contributed by atoms with E-state index >= 15 is 0 Å². The first kappa shape index (κ1) is 4.84. The standard InChI is InChI=1S/C8H14/c1-2-3-6-7-4-5-8(6)7/h6-8H,2-5H2,1H3. The summed E-state index contributed by atoms with van der Waals surface area (Å²) in [5.41, 5.74) is 0. The summed E-state index contributed by atoms with van der Waals surface area (Å²) in [6.45, 7) is 2.30. The molecular weight excluding hydrogens is 96.1 g/mol. The molecule has 2 aliphatic rings. The highest BCUT2D eigenvalue weighted by atomic mass is 14.6. The lowest BCUT2D eigenvalue weighted by Gasteiger charge is -2.04. The van der Waals surface area contributed by atoms with Crippen molar-refractivity contribution in [2.75, 3.05) is 0 Å². The molecule has 8 heavy (non-hydrogen) atoms. The molecule has 46 valence electrons. The molecular formula is C8H14. The lowest BCUT2D eigenvalue weighted by Crippen LogP contribution is -1.93. The van der Waals surface area contributed by atoms with Crippen molar-refractivity contribution in [3.63, 3.8) is 0 Å². The second kappa shape index (κ2) is 1.49. The van der Waals surface area contributed by atoms with Crippen molar-refractivity contribution in [1.82, 2.24) is 0 Å². The summed E-state index contributed by atoms with van der Waals surface area (Å²) < 4.78 is 0. The van der Waals surface area contributed by atoms with Crippen molar-refractivity contribution < 1.29 is 0 Å². The van der Waals surface area contributed by atoms with Gasteiger partial charge in [-0.15, -0.1) is 0 Å². The van der Waals surface area contributed by atoms with Crippen LogP contribution in [-0.2, 0) is 0 Å². The molecule has 0 N–H and O–H groups in total. The van der Waals surface area contributed by atoms with E-state index in [9.17, 15) is 0 Å². The summed E-state index contributed by atoms with van der Waals surface area (Å²) in [6.07, 6.45) is 6.07. The Labute approximate surface area is 51.3 Å². The van der Waals surface area contributed by atoms with Gasteiger partial charge in [0.05, 0.1) is 0 Å². The molecule has 0 amide bonds. The van der Waals surface area contributed by atoms with Crippen molar-refractivity contribution in [1.29, 1.82) is 0 Å². The molecule has 0 aromatic heterocycles. The van der Waals surface area contributed by atoms with Gasteiger partial charge < -0.3 is 0 Å². The highest BCUT2D eigenvalue weighted by Crippen LogP contribution is 2.62. The summed E-state index contributed by atoms with van der Waals surface area (Å²) in [5.74, 6) is 3.63. The zero-order valence-electron chi connectivity index (χ0n) is 5.56. The maximum absolute atomic E-state index is 2.30. The Morgan fingerprint density at radius 2 is 1.88 bits per heavy atom. The average Bonchev–Trinajstić information content (AvgIpc) is 2.07. The molecule has 0 radical (unpaired) electrons. The number of hydrogen-bond acceptors (Lipinski definition) is 0. The highest BCUT2D eigenvalue weighted by molar-refractivity contribution is 5.04. The first-order valence-corrected chi connectivity index (χ1v) is 3.93. The molecule has 0 heterocycles. The Balaban J connectivity index is 1.79. The smallest absolute Gasteiger partial charge is 0.0352 e. The van der Waals surface area contributed by atoms with Crippen LogP contribution in [0.3, 0.4) is 0 Å². The summed E-state index contributed by atoms with van der Waals surface area (Å²) in [4.78, 5) is 0. The van der Waals surface area contributed by atoms with E-state index in [0.717, 1.165) is 0 Å². The van der Waals surface area contributed by atoms with Crippen LogP contribution in [-0.4, -0.2) is 0 Å². The van der Waals surface area contributed by atoms with E-state index in [0.29, 0.717) is 0 Å². The van der Waals surface area contributed by atoms with Gasteiger partial charge in [-0.2, -0.15) is 0 Å². The van der Waals surface area contributed by atoms with Crippen LogP contribution in [0, 0.1) is 17.8 Å². The van der Waals surface area contributed by atoms with Gasteiger partial charge in [0, 0.05) is 0 Å². The lowest BCUT2D eigenvalue weighted by atomic mass is 10.0. The molecule has 0 aliphatic heterocycles. The monoisotopic (exact) mass is 110 g/mol. The highest BCUT2D eigenvalue weighted by Gasteiger charge is 2.54. The molecule has 0 saturated heterocycles. The first-order valence-electron chi connectivity index (χ1n) is 3.93. The minimum Gasteiger partial charge on any atom is -0.0654 e. The topological polar surface area (TPSA) is 0 Å². The lowest BCUT2D eigenvalue weighted by molar-refractivity contribution is 0.468. The zero-order chi connectivity index (χ0) is 5.56. The van der Waals surface area contributed by atoms with Crippen LogP contribution in [0.1, 0.15) is 32.6 Å². The Hall–Kier alpha value is 0. The average molecular weight is 110 g/mol. The third-order valence-electron chi connectivity index (χ3n) is 2.96. The number of hydrogen-bond donors (Lipinski definition) is 0. The van der Waals surface area contributed by atoms with E-state index < -0.39 is 0 Å². The summed E-state index contributed by atoms with van der Waals surface area (Å²) >= 11 is 0. The van der Waals surface area contributed by atoms with Crippen LogP contribution in [0.2, 0.25) is 0 Å². The molecule has 2 unspecified atom stereocenters. The van der Waals surface area contributed by atoms with Crippen LogP contribution in [0.25, 0.3) is 0 Å². The molecule has 0 nitrogen and oxygen atoms in total. The molecule has 2 fully saturated rings. The molecule has 0 aromatic carbocycles. The van der Waals surface area contributed by atoms with Gasteiger partial charge in [-0.1, -0.05) is 19.8 Å². The Bertz CT molecular complexity index is 86.2. The Morgan fingerprint density at radius 3 is 2.25 bits per heavy atom. The van der Waals surface area contributed by atoms with Crippen LogP contribution < -0.4 is 0 Å². The molecule has 2 saturated carbocycles. The van der Waals surface area contributed by atoms with Crippen LogP contribution >= 0.6 is 0 Å². The minimum absolute atomic E-state index is 1.19. The largest absolute Gasteiger partial charge is 0.0654 e. The predicted molar refractivity (Wildman–Crippen MR) is 34.6 cm³/mol. The van der Waals surface area contributed by atoms with E-state index in [1.54, 1.807) is 12.8 Å². The minimum atomic E-state index is 1.19. The molecule has 2 aliphatic carbocycles. The van der Waals surface area contributed by atoms with Gasteiger partial charge in [-0.05, 0) is 30.6 Å². The fourth-order valence-electron chi connectivity index (χ4n) is 2.27. The third kappa shape index (κ3) is 0.463. The van der Waals surface area contributed by atoms with E-state index in [-0.39, 0.29) is 0 Å². The van der Waals surface area contributed by atoms with E-state index in [4.69, 9.17) is 0 Å². The number of rotatable bonds is 2. The second-order valence-corrected chi connectivity index (χ2v) is 3.36. The second-order valence-electron chi connectivity index (χ2n) is 3.36. The van der Waals surface area contributed by atoms with Crippen LogP contribution in [0.5, 0.6) is 0 Å². The number of fused-ring (bicyclic) bond motifs is 1. The fourth-order valence-corrected chi connectivity index (χ4v) is 2.27. The van der Waals surface area contributed by atoms with E-state index in [1.165, 1.54) is 30.6 Å². The maximum Gasteiger partial charge on any atom is -0.0352 e. The van der Waals surface area contributed by atoms with Crippen molar-refractivity contribution in [3.05, 3.63) is 0 Å². The Kier molecular flexibility index (Phi) is 0.902. The SMILES string of the molecule is CCCC1C2CCC12. The predicted octanol–water partition coefficient (Wildman–Crippen LogP) is 2.44. The van der Waals surface area contributed by atoms with Crippen molar-refractivity contribution in [3.8, 4) is 0 Å². The quantitative estimate of drug-likeness (QED) is 0.512. The van der Waals surface area contributed by atoms with Gasteiger partial charge in [0.15, 0.2) is 0 Å². The summed E-state index contributed by atoms with van der Waals surface area (Å²) in [7, 11) is 0. The van der Waals surface area contributed by atoms with Gasteiger partial charge in [0.2, 0.25) is 0 Å². The normalized spacial score (nSPS) is 49.9. The molecule has 0 spiro atoms. The van der Waals surface area contributed by atoms with E-state index in [2.05, 4.69) is 6.92 Å². The maximum atomic E-state index is 2.30. The van der Waals surface area contributed by atoms with Crippen LogP contribution in [0.4, 0.5) is 0 Å². The van der Waals surface area contributed by atoms with Crippen molar-refractivity contribution >= 4 is 0 Å². The van der Waals surface area contributed by atoms with Crippen molar-refractivity contribution in [2.24, 2.45) is 17.8 Å². The van der Waals surface area contributed by atoms with Gasteiger partial charge >= 0.3 is 0 Å². The first-order chi connectivity index (χ1) is 3.93. The Morgan fingerprint density at radius 1 is 1.25 bits per heavy atom. The molecule has 0 bridgehead atoms. The zero-order valence-corrected chi connectivity index (χ0v) is 5.56. The van der Waals surface area contributed by atoms with Crippen molar-refractivity contribution in [2.45, 2.75) is 32.6 Å². The molecule has 0 heteroatoms. The van der Waals surface area contributed by atoms with Crippen LogP contribution in [0.15, 0.2) is 0 Å². The van der Waals surface area contributed by atoms with Gasteiger partial charge in [0.25, 0.3) is 0 Å². The third-order valence-corrected chi connectivity index (χ3v) is 2.96.